The monoisotopic (exact) mass is 193 g/mol. The molecule has 1 heterocycles. The average molecular weight is 194 g/mol. The highest BCUT2D eigenvalue weighted by Gasteiger charge is 1.99. The fourth-order valence-corrected chi connectivity index (χ4v) is 1.45. The first-order valence-electron chi connectivity index (χ1n) is 3.96. The molecular weight excluding hydrogens is 186 g/mol. The van der Waals surface area contributed by atoms with Gasteiger partial charge in [0.05, 0.1) is 0 Å². The van der Waals surface area contributed by atoms with Crippen LogP contribution in [-0.2, 0) is 0 Å². The zero-order valence-corrected chi connectivity index (χ0v) is 7.85. The van der Waals surface area contributed by atoms with Crippen LogP contribution in [0.3, 0.4) is 0 Å². The van der Waals surface area contributed by atoms with Crippen LogP contribution in [0.25, 0.3) is 10.9 Å². The minimum Gasteiger partial charge on any atom is -0.321 e. The molecule has 0 fully saturated rings. The molecule has 0 spiro atoms. The quantitative estimate of drug-likeness (QED) is 0.685. The Bertz CT molecular complexity index is 516. The van der Waals surface area contributed by atoms with Crippen LogP contribution in [0.4, 0.5) is 0 Å². The Morgan fingerprint density at radius 2 is 2.08 bits per heavy atom. The first-order chi connectivity index (χ1) is 6.16. The number of hydrogen-bond acceptors (Lipinski definition) is 1. The van der Waals surface area contributed by atoms with Crippen molar-refractivity contribution in [1.82, 2.24) is 4.98 Å². The first kappa shape index (κ1) is 8.32. The summed E-state index contributed by atoms with van der Waals surface area (Å²) in [5.41, 5.74) is 1.71. The van der Waals surface area contributed by atoms with Crippen molar-refractivity contribution in [3.8, 4) is 0 Å². The van der Waals surface area contributed by atoms with Gasteiger partial charge in [-0.05, 0) is 30.0 Å². The van der Waals surface area contributed by atoms with Gasteiger partial charge in [-0.25, -0.2) is 0 Å². The Morgan fingerprint density at radius 3 is 2.85 bits per heavy atom. The van der Waals surface area contributed by atoms with Crippen LogP contribution in [0.15, 0.2) is 29.1 Å². The van der Waals surface area contributed by atoms with E-state index in [1.807, 2.05) is 25.1 Å². The minimum absolute atomic E-state index is 0.233. The SMILES string of the molecule is Cc1ccc2cc(Cl)c(=O)[nH]c2c1. The number of halogens is 1. The van der Waals surface area contributed by atoms with E-state index in [4.69, 9.17) is 11.6 Å². The second-order valence-electron chi connectivity index (χ2n) is 3.04. The second kappa shape index (κ2) is 2.89. The van der Waals surface area contributed by atoms with Crippen LogP contribution < -0.4 is 5.56 Å². The van der Waals surface area contributed by atoms with E-state index in [0.29, 0.717) is 0 Å². The zero-order chi connectivity index (χ0) is 9.42. The average Bonchev–Trinajstić information content (AvgIpc) is 2.08. The van der Waals surface area contributed by atoms with Gasteiger partial charge < -0.3 is 4.98 Å². The van der Waals surface area contributed by atoms with Crippen molar-refractivity contribution in [2.45, 2.75) is 6.92 Å². The van der Waals surface area contributed by atoms with Gasteiger partial charge in [-0.2, -0.15) is 0 Å². The van der Waals surface area contributed by atoms with Crippen molar-refractivity contribution < 1.29 is 0 Å². The number of benzene rings is 1. The maximum Gasteiger partial charge on any atom is 0.267 e. The van der Waals surface area contributed by atoms with Gasteiger partial charge in [0.1, 0.15) is 5.02 Å². The lowest BCUT2D eigenvalue weighted by molar-refractivity contribution is 1.30. The minimum atomic E-state index is -0.236. The second-order valence-corrected chi connectivity index (χ2v) is 3.44. The molecule has 2 aromatic rings. The highest BCUT2D eigenvalue weighted by Crippen LogP contribution is 2.14. The summed E-state index contributed by atoms with van der Waals surface area (Å²) >= 11 is 5.68. The molecule has 1 aromatic heterocycles. The summed E-state index contributed by atoms with van der Waals surface area (Å²) in [7, 11) is 0. The van der Waals surface area contributed by atoms with Crippen molar-refractivity contribution in [1.29, 1.82) is 0 Å². The number of fused-ring (bicyclic) bond motifs is 1. The molecule has 1 N–H and O–H groups in total. The summed E-state index contributed by atoms with van der Waals surface area (Å²) < 4.78 is 0. The van der Waals surface area contributed by atoms with Crippen LogP contribution in [-0.4, -0.2) is 4.98 Å². The summed E-state index contributed by atoms with van der Waals surface area (Å²) in [5.74, 6) is 0. The lowest BCUT2D eigenvalue weighted by atomic mass is 10.1. The predicted molar refractivity (Wildman–Crippen MR) is 54.3 cm³/mol. The van der Waals surface area contributed by atoms with E-state index < -0.39 is 0 Å². The molecule has 13 heavy (non-hydrogen) atoms. The van der Waals surface area contributed by atoms with Gasteiger partial charge in [-0.1, -0.05) is 23.7 Å². The number of aromatic nitrogens is 1. The molecule has 0 unspecified atom stereocenters. The maximum absolute atomic E-state index is 11.2. The molecule has 0 amide bonds. The molecule has 66 valence electrons. The standard InChI is InChI=1S/C10H8ClNO/c1-6-2-3-7-5-8(11)10(13)12-9(7)4-6/h2-5H,1H3,(H,12,13). The zero-order valence-electron chi connectivity index (χ0n) is 7.10. The van der Waals surface area contributed by atoms with Gasteiger partial charge in [0.15, 0.2) is 0 Å². The molecule has 2 rings (SSSR count). The smallest absolute Gasteiger partial charge is 0.267 e. The third-order valence-electron chi connectivity index (χ3n) is 1.96. The molecule has 0 aliphatic heterocycles. The number of pyridine rings is 1. The first-order valence-corrected chi connectivity index (χ1v) is 4.34. The number of aryl methyl sites for hydroxylation is 1. The maximum atomic E-state index is 11.2. The van der Waals surface area contributed by atoms with E-state index >= 15 is 0 Å². The molecule has 0 saturated carbocycles. The molecule has 2 nitrogen and oxygen atoms in total. The number of hydrogen-bond donors (Lipinski definition) is 1. The lowest BCUT2D eigenvalue weighted by Gasteiger charge is -1.99. The number of H-pyrrole nitrogens is 1. The summed E-state index contributed by atoms with van der Waals surface area (Å²) in [6.07, 6.45) is 0. The van der Waals surface area contributed by atoms with Crippen LogP contribution in [0.1, 0.15) is 5.56 Å². The summed E-state index contributed by atoms with van der Waals surface area (Å²) in [6, 6.07) is 7.52. The van der Waals surface area contributed by atoms with E-state index in [9.17, 15) is 4.79 Å². The van der Waals surface area contributed by atoms with Crippen LogP contribution in [0.2, 0.25) is 5.02 Å². The Balaban J connectivity index is 2.89. The van der Waals surface area contributed by atoms with Crippen LogP contribution in [0.5, 0.6) is 0 Å². The van der Waals surface area contributed by atoms with Gasteiger partial charge in [0, 0.05) is 5.52 Å². The molecule has 0 aliphatic rings. The van der Waals surface area contributed by atoms with Gasteiger partial charge in [-0.15, -0.1) is 0 Å². The van der Waals surface area contributed by atoms with Crippen molar-refractivity contribution >= 4 is 22.5 Å². The van der Waals surface area contributed by atoms with Gasteiger partial charge >= 0.3 is 0 Å². The molecule has 0 aliphatic carbocycles. The molecule has 0 saturated heterocycles. The van der Waals surface area contributed by atoms with Crippen LogP contribution >= 0.6 is 11.6 Å². The van der Waals surface area contributed by atoms with E-state index in [1.165, 1.54) is 0 Å². The van der Waals surface area contributed by atoms with Gasteiger partial charge in [0.25, 0.3) is 5.56 Å². The third kappa shape index (κ3) is 1.45. The van der Waals surface area contributed by atoms with E-state index in [0.717, 1.165) is 16.5 Å². The largest absolute Gasteiger partial charge is 0.321 e. The van der Waals surface area contributed by atoms with Gasteiger partial charge in [0.2, 0.25) is 0 Å². The molecule has 0 radical (unpaired) electrons. The van der Waals surface area contributed by atoms with Crippen molar-refractivity contribution in [3.63, 3.8) is 0 Å². The normalized spacial score (nSPS) is 10.6. The third-order valence-corrected chi connectivity index (χ3v) is 2.24. The Labute approximate surface area is 80.2 Å². The Morgan fingerprint density at radius 1 is 1.31 bits per heavy atom. The lowest BCUT2D eigenvalue weighted by Crippen LogP contribution is -2.05. The van der Waals surface area contributed by atoms with E-state index in [1.54, 1.807) is 6.07 Å². The Hall–Kier alpha value is -1.28. The summed E-state index contributed by atoms with van der Waals surface area (Å²) in [6.45, 7) is 1.98. The van der Waals surface area contributed by atoms with Crippen molar-refractivity contribution in [3.05, 3.63) is 45.2 Å². The fraction of sp³-hybridized carbons (Fsp3) is 0.100. The van der Waals surface area contributed by atoms with Crippen molar-refractivity contribution in [2.75, 3.05) is 0 Å². The topological polar surface area (TPSA) is 32.9 Å². The van der Waals surface area contributed by atoms with Crippen LogP contribution in [0, 0.1) is 6.92 Å². The highest BCUT2D eigenvalue weighted by atomic mass is 35.5. The highest BCUT2D eigenvalue weighted by molar-refractivity contribution is 6.31. The molecule has 1 aromatic carbocycles. The number of rotatable bonds is 0. The predicted octanol–water partition coefficient (Wildman–Crippen LogP) is 2.49. The Kier molecular flexibility index (Phi) is 1.85. The number of aromatic amines is 1. The van der Waals surface area contributed by atoms with E-state index in [-0.39, 0.29) is 10.6 Å². The van der Waals surface area contributed by atoms with Gasteiger partial charge in [-0.3, -0.25) is 4.79 Å². The molecule has 0 atom stereocenters. The molecule has 0 bridgehead atoms. The van der Waals surface area contributed by atoms with Crippen molar-refractivity contribution in [2.24, 2.45) is 0 Å². The summed E-state index contributed by atoms with van der Waals surface area (Å²) in [4.78, 5) is 13.9. The summed E-state index contributed by atoms with van der Waals surface area (Å²) in [5, 5.41) is 1.19. The fourth-order valence-electron chi connectivity index (χ4n) is 1.29. The number of nitrogens with one attached hydrogen (secondary N) is 1. The van der Waals surface area contributed by atoms with E-state index in [2.05, 4.69) is 4.98 Å². The molecule has 3 heteroatoms. The molecular formula is C10H8ClNO.